The maximum atomic E-state index is 14.2. The molecule has 1 aromatic carbocycles. The van der Waals surface area contributed by atoms with Gasteiger partial charge in [0.15, 0.2) is 0 Å². The Bertz CT molecular complexity index is 470. The summed E-state index contributed by atoms with van der Waals surface area (Å²) < 4.78 is 19.3. The monoisotopic (exact) mass is 279 g/mol. The molecule has 112 valence electrons. The van der Waals surface area contributed by atoms with Gasteiger partial charge in [0, 0.05) is 17.2 Å². The molecule has 1 aromatic rings. The van der Waals surface area contributed by atoms with Crippen molar-refractivity contribution < 1.29 is 9.13 Å². The van der Waals surface area contributed by atoms with Gasteiger partial charge in [-0.1, -0.05) is 26.8 Å². The molecule has 0 heterocycles. The van der Waals surface area contributed by atoms with Crippen molar-refractivity contribution in [3.05, 3.63) is 29.6 Å². The molecule has 3 heteroatoms. The van der Waals surface area contributed by atoms with E-state index in [2.05, 4.69) is 20.8 Å². The standard InChI is InChI=1S/C17H26FNO/c1-16(2,3)12-7-9-17(19,10-8-12)14-6-5-13(20-4)11-15(14)18/h5-6,11-12H,7-10,19H2,1-4H3. The molecule has 2 N–H and O–H groups in total. The first-order chi connectivity index (χ1) is 9.26. The van der Waals surface area contributed by atoms with E-state index in [0.717, 1.165) is 25.7 Å². The molecule has 0 atom stereocenters. The first-order valence-corrected chi connectivity index (χ1v) is 7.39. The zero-order valence-electron chi connectivity index (χ0n) is 13.0. The van der Waals surface area contributed by atoms with Gasteiger partial charge in [0.25, 0.3) is 0 Å². The van der Waals surface area contributed by atoms with E-state index < -0.39 is 5.54 Å². The quantitative estimate of drug-likeness (QED) is 0.879. The molecular weight excluding hydrogens is 253 g/mol. The number of hydrogen-bond acceptors (Lipinski definition) is 2. The predicted molar refractivity (Wildman–Crippen MR) is 80.2 cm³/mol. The Morgan fingerprint density at radius 2 is 1.85 bits per heavy atom. The molecule has 0 radical (unpaired) electrons. The fraction of sp³-hybridized carbons (Fsp3) is 0.647. The summed E-state index contributed by atoms with van der Waals surface area (Å²) in [5, 5.41) is 0. The molecule has 20 heavy (non-hydrogen) atoms. The molecule has 2 rings (SSSR count). The van der Waals surface area contributed by atoms with E-state index in [4.69, 9.17) is 10.5 Å². The highest BCUT2D eigenvalue weighted by atomic mass is 19.1. The summed E-state index contributed by atoms with van der Waals surface area (Å²) in [6, 6.07) is 5.01. The van der Waals surface area contributed by atoms with Crippen molar-refractivity contribution >= 4 is 0 Å². The molecule has 0 spiro atoms. The Kier molecular flexibility index (Phi) is 4.10. The molecule has 1 fully saturated rings. The average molecular weight is 279 g/mol. The lowest BCUT2D eigenvalue weighted by molar-refractivity contribution is 0.132. The second kappa shape index (κ2) is 5.36. The van der Waals surface area contributed by atoms with Gasteiger partial charge in [0.2, 0.25) is 0 Å². The number of nitrogens with two attached hydrogens (primary N) is 1. The molecule has 1 saturated carbocycles. The van der Waals surface area contributed by atoms with Gasteiger partial charge < -0.3 is 10.5 Å². The highest BCUT2D eigenvalue weighted by molar-refractivity contribution is 5.33. The van der Waals surface area contributed by atoms with Gasteiger partial charge in [-0.2, -0.15) is 0 Å². The molecule has 1 aliphatic carbocycles. The minimum absolute atomic E-state index is 0.249. The van der Waals surface area contributed by atoms with Crippen LogP contribution in [-0.4, -0.2) is 7.11 Å². The molecule has 0 saturated heterocycles. The Hall–Kier alpha value is -1.09. The van der Waals surface area contributed by atoms with Gasteiger partial charge >= 0.3 is 0 Å². The van der Waals surface area contributed by atoms with Crippen LogP contribution in [0.1, 0.15) is 52.0 Å². The topological polar surface area (TPSA) is 35.2 Å². The van der Waals surface area contributed by atoms with Crippen molar-refractivity contribution in [3.8, 4) is 5.75 Å². The number of ether oxygens (including phenoxy) is 1. The molecule has 0 aromatic heterocycles. The SMILES string of the molecule is COc1ccc(C2(N)CCC(C(C)(C)C)CC2)c(F)c1. The Labute approximate surface area is 121 Å². The Morgan fingerprint density at radius 1 is 1.25 bits per heavy atom. The molecular formula is C17H26FNO. The van der Waals surface area contributed by atoms with Crippen LogP contribution in [-0.2, 0) is 5.54 Å². The minimum atomic E-state index is -0.530. The van der Waals surface area contributed by atoms with E-state index in [1.807, 2.05) is 0 Å². The lowest BCUT2D eigenvalue weighted by Crippen LogP contribution is -2.43. The van der Waals surface area contributed by atoms with Gasteiger partial charge in [-0.15, -0.1) is 0 Å². The number of methoxy groups -OCH3 is 1. The molecule has 2 nitrogen and oxygen atoms in total. The zero-order valence-corrected chi connectivity index (χ0v) is 13.0. The van der Waals surface area contributed by atoms with Crippen LogP contribution >= 0.6 is 0 Å². The van der Waals surface area contributed by atoms with Crippen molar-refractivity contribution in [2.24, 2.45) is 17.1 Å². The van der Waals surface area contributed by atoms with E-state index in [-0.39, 0.29) is 5.82 Å². The Balaban J connectivity index is 2.17. The molecule has 0 bridgehead atoms. The van der Waals surface area contributed by atoms with E-state index >= 15 is 0 Å². The van der Waals surface area contributed by atoms with E-state index in [0.29, 0.717) is 22.6 Å². The first kappa shape index (κ1) is 15.3. The lowest BCUT2D eigenvalue weighted by Gasteiger charge is -2.42. The van der Waals surface area contributed by atoms with Crippen molar-refractivity contribution in [2.75, 3.05) is 7.11 Å². The van der Waals surface area contributed by atoms with Gasteiger partial charge in [0.1, 0.15) is 11.6 Å². The highest BCUT2D eigenvalue weighted by Gasteiger charge is 2.38. The second-order valence-electron chi connectivity index (χ2n) is 7.14. The van der Waals surface area contributed by atoms with Crippen molar-refractivity contribution in [1.29, 1.82) is 0 Å². The van der Waals surface area contributed by atoms with Crippen LogP contribution in [0.15, 0.2) is 18.2 Å². The van der Waals surface area contributed by atoms with E-state index in [9.17, 15) is 4.39 Å². The summed E-state index contributed by atoms with van der Waals surface area (Å²) in [5.41, 5.74) is 6.90. The van der Waals surface area contributed by atoms with Crippen LogP contribution < -0.4 is 10.5 Å². The number of benzene rings is 1. The van der Waals surface area contributed by atoms with Crippen LogP contribution in [0, 0.1) is 17.2 Å². The van der Waals surface area contributed by atoms with E-state index in [1.54, 1.807) is 19.2 Å². The molecule has 0 amide bonds. The summed E-state index contributed by atoms with van der Waals surface area (Å²) in [7, 11) is 1.54. The van der Waals surface area contributed by atoms with Gasteiger partial charge in [0.05, 0.1) is 7.11 Å². The van der Waals surface area contributed by atoms with Crippen molar-refractivity contribution in [1.82, 2.24) is 0 Å². The maximum absolute atomic E-state index is 14.2. The van der Waals surface area contributed by atoms with E-state index in [1.165, 1.54) is 6.07 Å². The number of halogens is 1. The smallest absolute Gasteiger partial charge is 0.131 e. The lowest BCUT2D eigenvalue weighted by atomic mass is 9.66. The average Bonchev–Trinajstić information content (AvgIpc) is 2.37. The third-order valence-electron chi connectivity index (χ3n) is 4.82. The Morgan fingerprint density at radius 3 is 2.30 bits per heavy atom. The number of hydrogen-bond donors (Lipinski definition) is 1. The summed E-state index contributed by atoms with van der Waals surface area (Å²) in [4.78, 5) is 0. The zero-order chi connectivity index (χ0) is 15.0. The van der Waals surface area contributed by atoms with Gasteiger partial charge in [-0.05, 0) is 43.1 Å². The van der Waals surface area contributed by atoms with Crippen molar-refractivity contribution in [3.63, 3.8) is 0 Å². The molecule has 0 aliphatic heterocycles. The van der Waals surface area contributed by atoms with Crippen LogP contribution in [0.5, 0.6) is 5.75 Å². The van der Waals surface area contributed by atoms with Crippen LogP contribution in [0.2, 0.25) is 0 Å². The van der Waals surface area contributed by atoms with Crippen LogP contribution in [0.3, 0.4) is 0 Å². The molecule has 1 aliphatic rings. The summed E-state index contributed by atoms with van der Waals surface area (Å²) in [6.45, 7) is 6.82. The largest absolute Gasteiger partial charge is 0.497 e. The van der Waals surface area contributed by atoms with Crippen molar-refractivity contribution in [2.45, 2.75) is 52.0 Å². The third-order valence-corrected chi connectivity index (χ3v) is 4.82. The number of rotatable bonds is 2. The van der Waals surface area contributed by atoms with Gasteiger partial charge in [-0.25, -0.2) is 4.39 Å². The third kappa shape index (κ3) is 2.98. The fourth-order valence-electron chi connectivity index (χ4n) is 3.29. The fourth-order valence-corrected chi connectivity index (χ4v) is 3.29. The summed E-state index contributed by atoms with van der Waals surface area (Å²) in [6.07, 6.45) is 3.81. The van der Waals surface area contributed by atoms with Gasteiger partial charge in [-0.3, -0.25) is 0 Å². The summed E-state index contributed by atoms with van der Waals surface area (Å²) >= 11 is 0. The minimum Gasteiger partial charge on any atom is -0.497 e. The van der Waals surface area contributed by atoms with Crippen LogP contribution in [0.25, 0.3) is 0 Å². The normalized spacial score (nSPS) is 27.4. The van der Waals surface area contributed by atoms with Crippen LogP contribution in [0.4, 0.5) is 4.39 Å². The molecule has 0 unspecified atom stereocenters. The predicted octanol–water partition coefficient (Wildman–Crippen LogP) is 4.22. The first-order valence-electron chi connectivity index (χ1n) is 7.39. The maximum Gasteiger partial charge on any atom is 0.131 e. The summed E-state index contributed by atoms with van der Waals surface area (Å²) in [5.74, 6) is 0.958. The highest BCUT2D eigenvalue weighted by Crippen LogP contribution is 2.44. The second-order valence-corrected chi connectivity index (χ2v) is 7.14.